The van der Waals surface area contributed by atoms with Crippen molar-refractivity contribution < 1.29 is 13.9 Å². The zero-order valence-corrected chi connectivity index (χ0v) is 12.5. The lowest BCUT2D eigenvalue weighted by molar-refractivity contribution is 0.174. The van der Waals surface area contributed by atoms with Gasteiger partial charge in [-0.3, -0.25) is 0 Å². The summed E-state index contributed by atoms with van der Waals surface area (Å²) >= 11 is 0. The Labute approximate surface area is 125 Å². The molecule has 1 unspecified atom stereocenters. The number of hydrogen-bond acceptors (Lipinski definition) is 4. The lowest BCUT2D eigenvalue weighted by Crippen LogP contribution is -2.29. The second-order valence-corrected chi connectivity index (χ2v) is 5.53. The van der Waals surface area contributed by atoms with Crippen LogP contribution >= 0.6 is 0 Å². The van der Waals surface area contributed by atoms with Gasteiger partial charge in [-0.1, -0.05) is 6.07 Å². The van der Waals surface area contributed by atoms with Gasteiger partial charge in [0.15, 0.2) is 11.5 Å². The van der Waals surface area contributed by atoms with Gasteiger partial charge in [-0.05, 0) is 56.5 Å². The molecule has 3 rings (SSSR count). The van der Waals surface area contributed by atoms with E-state index in [9.17, 15) is 0 Å². The molecule has 2 atom stereocenters. The van der Waals surface area contributed by atoms with E-state index in [1.54, 1.807) is 6.26 Å². The van der Waals surface area contributed by atoms with E-state index in [4.69, 9.17) is 13.9 Å². The Morgan fingerprint density at radius 3 is 2.81 bits per heavy atom. The zero-order valence-electron chi connectivity index (χ0n) is 12.5. The van der Waals surface area contributed by atoms with E-state index in [0.717, 1.165) is 30.1 Å². The Kier molecular flexibility index (Phi) is 4.15. The molecule has 0 saturated heterocycles. The maximum atomic E-state index is 5.42. The fourth-order valence-corrected chi connectivity index (χ4v) is 2.61. The van der Waals surface area contributed by atoms with E-state index in [-0.39, 0.29) is 6.04 Å². The first kappa shape index (κ1) is 14.0. The second-order valence-electron chi connectivity index (χ2n) is 5.53. The Morgan fingerprint density at radius 2 is 2.00 bits per heavy atom. The number of rotatable bonds is 6. The highest BCUT2D eigenvalue weighted by atomic mass is 16.7. The summed E-state index contributed by atoms with van der Waals surface area (Å²) in [5.74, 6) is 2.68. The molecule has 112 valence electrons. The Hall–Kier alpha value is -1.94. The average Bonchev–Trinajstić information content (AvgIpc) is 3.15. The van der Waals surface area contributed by atoms with Crippen molar-refractivity contribution in [2.45, 2.75) is 38.8 Å². The maximum absolute atomic E-state index is 5.42. The van der Waals surface area contributed by atoms with Gasteiger partial charge in [0.1, 0.15) is 5.76 Å². The van der Waals surface area contributed by atoms with Crippen LogP contribution in [-0.2, 0) is 6.42 Å². The van der Waals surface area contributed by atoms with Crippen LogP contribution < -0.4 is 14.8 Å². The number of nitrogens with one attached hydrogen (secondary N) is 1. The van der Waals surface area contributed by atoms with Crippen molar-refractivity contribution in [2.75, 3.05) is 6.79 Å². The van der Waals surface area contributed by atoms with Gasteiger partial charge in [0.2, 0.25) is 6.79 Å². The second kappa shape index (κ2) is 6.22. The van der Waals surface area contributed by atoms with Gasteiger partial charge >= 0.3 is 0 Å². The Balaban J connectivity index is 1.50. The molecule has 0 fully saturated rings. The molecule has 0 aliphatic carbocycles. The predicted molar refractivity (Wildman–Crippen MR) is 80.6 cm³/mol. The summed E-state index contributed by atoms with van der Waals surface area (Å²) < 4.78 is 16.2. The van der Waals surface area contributed by atoms with Gasteiger partial charge in [-0.25, -0.2) is 0 Å². The number of fused-ring (bicyclic) bond motifs is 1. The first-order chi connectivity index (χ1) is 10.2. The molecule has 0 radical (unpaired) electrons. The minimum absolute atomic E-state index is 0.228. The molecule has 4 nitrogen and oxygen atoms in total. The molecule has 1 aromatic heterocycles. The zero-order chi connectivity index (χ0) is 14.7. The fourth-order valence-electron chi connectivity index (χ4n) is 2.61. The molecule has 2 aromatic rings. The van der Waals surface area contributed by atoms with E-state index >= 15 is 0 Å². The number of furan rings is 1. The number of aryl methyl sites for hydroxylation is 1. The summed E-state index contributed by atoms with van der Waals surface area (Å²) in [5.41, 5.74) is 1.28. The molecule has 0 saturated carbocycles. The molecule has 0 amide bonds. The molecule has 1 aromatic carbocycles. The van der Waals surface area contributed by atoms with Crippen LogP contribution in [0.1, 0.15) is 37.6 Å². The van der Waals surface area contributed by atoms with E-state index in [1.807, 2.05) is 18.2 Å². The minimum atomic E-state index is 0.228. The highest BCUT2D eigenvalue weighted by Crippen LogP contribution is 2.32. The fraction of sp³-hybridized carbons (Fsp3) is 0.412. The Morgan fingerprint density at radius 1 is 1.14 bits per heavy atom. The maximum Gasteiger partial charge on any atom is 0.231 e. The number of benzene rings is 1. The number of hydrogen-bond donors (Lipinski definition) is 1. The van der Waals surface area contributed by atoms with Crippen molar-refractivity contribution in [3.63, 3.8) is 0 Å². The van der Waals surface area contributed by atoms with Gasteiger partial charge in [0, 0.05) is 6.04 Å². The molecular weight excluding hydrogens is 266 g/mol. The third kappa shape index (κ3) is 3.39. The monoisotopic (exact) mass is 287 g/mol. The minimum Gasteiger partial charge on any atom is -0.468 e. The third-order valence-corrected chi connectivity index (χ3v) is 3.81. The summed E-state index contributed by atoms with van der Waals surface area (Å²) in [5, 5.41) is 3.56. The highest BCUT2D eigenvalue weighted by Gasteiger charge is 2.14. The largest absolute Gasteiger partial charge is 0.468 e. The summed E-state index contributed by atoms with van der Waals surface area (Å²) in [7, 11) is 0. The molecule has 1 aliphatic rings. The van der Waals surface area contributed by atoms with Crippen molar-refractivity contribution >= 4 is 0 Å². The van der Waals surface area contributed by atoms with Crippen LogP contribution in [0.3, 0.4) is 0 Å². The van der Waals surface area contributed by atoms with Gasteiger partial charge in [-0.15, -0.1) is 0 Å². The molecule has 2 heterocycles. The average molecular weight is 287 g/mol. The Bertz CT molecular complexity index is 580. The first-order valence-electron chi connectivity index (χ1n) is 7.40. The molecule has 4 heteroatoms. The SMILES string of the molecule is CC(CCc1ccc2c(c1)OCO2)N[C@H](C)c1ccco1. The van der Waals surface area contributed by atoms with Crippen LogP contribution in [-0.4, -0.2) is 12.8 Å². The van der Waals surface area contributed by atoms with Gasteiger partial charge in [0.25, 0.3) is 0 Å². The summed E-state index contributed by atoms with van der Waals surface area (Å²) in [6.45, 7) is 4.65. The van der Waals surface area contributed by atoms with Crippen LogP contribution in [0, 0.1) is 0 Å². The van der Waals surface area contributed by atoms with Crippen molar-refractivity contribution in [3.05, 3.63) is 47.9 Å². The van der Waals surface area contributed by atoms with Gasteiger partial charge < -0.3 is 19.2 Å². The standard InChI is InChI=1S/C17H21NO3/c1-12(18-13(2)15-4-3-9-19-15)5-6-14-7-8-16-17(10-14)21-11-20-16/h3-4,7-10,12-13,18H,5-6,11H2,1-2H3/t12?,13-/m1/s1. The van der Waals surface area contributed by atoms with Crippen molar-refractivity contribution in [2.24, 2.45) is 0 Å². The van der Waals surface area contributed by atoms with Gasteiger partial charge in [0.05, 0.1) is 12.3 Å². The normalized spacial score (nSPS) is 15.9. The topological polar surface area (TPSA) is 43.6 Å². The molecular formula is C17H21NO3. The third-order valence-electron chi connectivity index (χ3n) is 3.81. The first-order valence-corrected chi connectivity index (χ1v) is 7.40. The summed E-state index contributed by atoms with van der Waals surface area (Å²) in [6.07, 6.45) is 3.78. The van der Waals surface area contributed by atoms with Crippen molar-refractivity contribution in [3.8, 4) is 11.5 Å². The van der Waals surface area contributed by atoms with Crippen LogP contribution in [0.25, 0.3) is 0 Å². The molecule has 1 N–H and O–H groups in total. The molecule has 1 aliphatic heterocycles. The van der Waals surface area contributed by atoms with Crippen LogP contribution in [0.2, 0.25) is 0 Å². The highest BCUT2D eigenvalue weighted by molar-refractivity contribution is 5.44. The molecule has 21 heavy (non-hydrogen) atoms. The van der Waals surface area contributed by atoms with Crippen LogP contribution in [0.5, 0.6) is 11.5 Å². The van der Waals surface area contributed by atoms with Crippen LogP contribution in [0.4, 0.5) is 0 Å². The molecule has 0 bridgehead atoms. The summed E-state index contributed by atoms with van der Waals surface area (Å²) in [4.78, 5) is 0. The van der Waals surface area contributed by atoms with Crippen molar-refractivity contribution in [1.82, 2.24) is 5.32 Å². The van der Waals surface area contributed by atoms with Crippen LogP contribution in [0.15, 0.2) is 41.0 Å². The van der Waals surface area contributed by atoms with E-state index in [2.05, 4.69) is 31.3 Å². The quantitative estimate of drug-likeness (QED) is 0.880. The predicted octanol–water partition coefficient (Wildman–Crippen LogP) is 3.68. The smallest absolute Gasteiger partial charge is 0.231 e. The van der Waals surface area contributed by atoms with E-state index in [1.165, 1.54) is 5.56 Å². The lowest BCUT2D eigenvalue weighted by atomic mass is 10.0. The van der Waals surface area contributed by atoms with Gasteiger partial charge in [-0.2, -0.15) is 0 Å². The van der Waals surface area contributed by atoms with Crippen molar-refractivity contribution in [1.29, 1.82) is 0 Å². The van der Waals surface area contributed by atoms with E-state index in [0.29, 0.717) is 12.8 Å². The lowest BCUT2D eigenvalue weighted by Gasteiger charge is -2.18. The van der Waals surface area contributed by atoms with E-state index < -0.39 is 0 Å². The molecule has 0 spiro atoms. The summed E-state index contributed by atoms with van der Waals surface area (Å²) in [6, 6.07) is 10.7. The number of ether oxygens (including phenoxy) is 2.